The molecule has 4 nitrogen and oxygen atoms in total. The average molecular weight is 308 g/mol. The fourth-order valence-electron chi connectivity index (χ4n) is 2.39. The highest BCUT2D eigenvalue weighted by atomic mass is 19.1. The van der Waals surface area contributed by atoms with Gasteiger partial charge in [-0.05, 0) is 43.6 Å². The van der Waals surface area contributed by atoms with Crippen molar-refractivity contribution in [1.29, 1.82) is 0 Å². The van der Waals surface area contributed by atoms with Crippen molar-refractivity contribution in [2.75, 3.05) is 34.2 Å². The number of benzene rings is 1. The summed E-state index contributed by atoms with van der Waals surface area (Å²) in [7, 11) is 5.88. The van der Waals surface area contributed by atoms with E-state index in [9.17, 15) is 4.39 Å². The van der Waals surface area contributed by atoms with E-state index >= 15 is 0 Å². The fourth-order valence-corrected chi connectivity index (χ4v) is 2.39. The summed E-state index contributed by atoms with van der Waals surface area (Å²) >= 11 is 0. The van der Waals surface area contributed by atoms with E-state index in [1.807, 2.05) is 6.07 Å². The van der Waals surface area contributed by atoms with E-state index < -0.39 is 0 Å². The van der Waals surface area contributed by atoms with Crippen molar-refractivity contribution in [3.05, 3.63) is 35.1 Å². The van der Waals surface area contributed by atoms with Gasteiger partial charge in [-0.1, -0.05) is 26.0 Å². The Labute approximate surface area is 133 Å². The molecule has 0 aliphatic heterocycles. The number of aryl methyl sites for hydroxylation is 1. The molecule has 0 saturated carbocycles. The number of aliphatic imine (C=N–C) groups is 1. The van der Waals surface area contributed by atoms with E-state index in [2.05, 4.69) is 48.5 Å². The third-order valence-corrected chi connectivity index (χ3v) is 3.40. The molecule has 0 heterocycles. The minimum Gasteiger partial charge on any atom is -0.356 e. The van der Waals surface area contributed by atoms with Crippen molar-refractivity contribution in [1.82, 2.24) is 15.5 Å². The molecular formula is C17H29FN4. The molecule has 0 radical (unpaired) electrons. The van der Waals surface area contributed by atoms with Gasteiger partial charge in [0.25, 0.3) is 0 Å². The van der Waals surface area contributed by atoms with Gasteiger partial charge in [0.15, 0.2) is 5.96 Å². The van der Waals surface area contributed by atoms with Gasteiger partial charge >= 0.3 is 0 Å². The second-order valence-corrected chi connectivity index (χ2v) is 6.76. The standard InChI is InChI=1S/C17H29FN4/c1-13-7-8-14(9-15(13)18)10-20-16(19-4)21-11-17(2,3)12-22(5)6/h7-9H,10-12H2,1-6H3,(H2,19,20,21). The van der Waals surface area contributed by atoms with E-state index in [0.717, 1.165) is 24.6 Å². The van der Waals surface area contributed by atoms with Crippen molar-refractivity contribution in [3.63, 3.8) is 0 Å². The lowest BCUT2D eigenvalue weighted by Crippen LogP contribution is -2.44. The predicted molar refractivity (Wildman–Crippen MR) is 91.7 cm³/mol. The van der Waals surface area contributed by atoms with Crippen LogP contribution >= 0.6 is 0 Å². The van der Waals surface area contributed by atoms with Crippen molar-refractivity contribution >= 4 is 5.96 Å². The Morgan fingerprint density at radius 2 is 1.95 bits per heavy atom. The molecule has 22 heavy (non-hydrogen) atoms. The summed E-state index contributed by atoms with van der Waals surface area (Å²) in [4.78, 5) is 6.39. The van der Waals surface area contributed by atoms with Crippen molar-refractivity contribution in [3.8, 4) is 0 Å². The molecule has 0 amide bonds. The summed E-state index contributed by atoms with van der Waals surface area (Å²) in [6.07, 6.45) is 0. The molecule has 0 spiro atoms. The van der Waals surface area contributed by atoms with Gasteiger partial charge in [-0.15, -0.1) is 0 Å². The second-order valence-electron chi connectivity index (χ2n) is 6.76. The van der Waals surface area contributed by atoms with E-state index in [1.165, 1.54) is 0 Å². The Hall–Kier alpha value is -1.62. The van der Waals surface area contributed by atoms with Crippen LogP contribution in [0.3, 0.4) is 0 Å². The molecule has 1 rings (SSSR count). The van der Waals surface area contributed by atoms with Gasteiger partial charge in [0.1, 0.15) is 5.82 Å². The SMILES string of the molecule is CN=C(NCc1ccc(C)c(F)c1)NCC(C)(C)CN(C)C. The van der Waals surface area contributed by atoms with Gasteiger partial charge in [-0.25, -0.2) is 4.39 Å². The van der Waals surface area contributed by atoms with Crippen LogP contribution in [0.5, 0.6) is 0 Å². The van der Waals surface area contributed by atoms with E-state index in [1.54, 1.807) is 26.1 Å². The zero-order valence-electron chi connectivity index (χ0n) is 14.6. The van der Waals surface area contributed by atoms with Crippen molar-refractivity contribution < 1.29 is 4.39 Å². The average Bonchev–Trinajstić information content (AvgIpc) is 2.41. The first-order valence-corrected chi connectivity index (χ1v) is 7.58. The number of nitrogens with one attached hydrogen (secondary N) is 2. The Kier molecular flexibility index (Phi) is 6.81. The molecule has 0 aliphatic rings. The number of halogens is 1. The highest BCUT2D eigenvalue weighted by molar-refractivity contribution is 5.79. The number of hydrogen-bond acceptors (Lipinski definition) is 2. The van der Waals surface area contributed by atoms with Gasteiger partial charge in [0.2, 0.25) is 0 Å². The normalized spacial score (nSPS) is 12.6. The maximum absolute atomic E-state index is 13.5. The molecule has 124 valence electrons. The minimum absolute atomic E-state index is 0.136. The largest absolute Gasteiger partial charge is 0.356 e. The molecule has 5 heteroatoms. The number of hydrogen-bond donors (Lipinski definition) is 2. The van der Waals surface area contributed by atoms with E-state index in [-0.39, 0.29) is 11.2 Å². The molecule has 0 saturated heterocycles. The van der Waals surface area contributed by atoms with Gasteiger partial charge in [0.05, 0.1) is 0 Å². The zero-order chi connectivity index (χ0) is 16.8. The first-order valence-electron chi connectivity index (χ1n) is 7.58. The van der Waals surface area contributed by atoms with Crippen LogP contribution < -0.4 is 10.6 Å². The van der Waals surface area contributed by atoms with Crippen molar-refractivity contribution in [2.45, 2.75) is 27.3 Å². The molecule has 0 atom stereocenters. The highest BCUT2D eigenvalue weighted by Crippen LogP contribution is 2.14. The zero-order valence-corrected chi connectivity index (χ0v) is 14.6. The lowest BCUT2D eigenvalue weighted by atomic mass is 9.93. The Morgan fingerprint density at radius 3 is 2.50 bits per heavy atom. The summed E-state index contributed by atoms with van der Waals surface area (Å²) in [5.74, 6) is 0.558. The van der Waals surface area contributed by atoms with Gasteiger partial charge in [0, 0.05) is 26.7 Å². The Morgan fingerprint density at radius 1 is 1.27 bits per heavy atom. The third kappa shape index (κ3) is 6.43. The highest BCUT2D eigenvalue weighted by Gasteiger charge is 2.19. The summed E-state index contributed by atoms with van der Waals surface area (Å²) < 4.78 is 13.5. The van der Waals surface area contributed by atoms with E-state index in [4.69, 9.17) is 0 Å². The molecule has 2 N–H and O–H groups in total. The van der Waals surface area contributed by atoms with Crippen LogP contribution in [0, 0.1) is 18.2 Å². The van der Waals surface area contributed by atoms with Crippen LogP contribution in [-0.2, 0) is 6.54 Å². The van der Waals surface area contributed by atoms with Crippen LogP contribution in [0.4, 0.5) is 4.39 Å². The summed E-state index contributed by atoms with van der Waals surface area (Å²) in [6.45, 7) is 8.53. The number of rotatable bonds is 6. The maximum atomic E-state index is 13.5. The monoisotopic (exact) mass is 308 g/mol. The van der Waals surface area contributed by atoms with Gasteiger partial charge in [-0.2, -0.15) is 0 Å². The smallest absolute Gasteiger partial charge is 0.191 e. The summed E-state index contributed by atoms with van der Waals surface area (Å²) in [6, 6.07) is 5.28. The van der Waals surface area contributed by atoms with Crippen LogP contribution in [0.25, 0.3) is 0 Å². The molecule has 0 fully saturated rings. The van der Waals surface area contributed by atoms with Crippen LogP contribution in [0.15, 0.2) is 23.2 Å². The Bertz CT molecular complexity index is 509. The van der Waals surface area contributed by atoms with Gasteiger partial charge in [-0.3, -0.25) is 4.99 Å². The third-order valence-electron chi connectivity index (χ3n) is 3.40. The molecule has 0 aromatic heterocycles. The molecule has 0 bridgehead atoms. The maximum Gasteiger partial charge on any atom is 0.191 e. The Balaban J connectivity index is 2.50. The number of guanidine groups is 1. The fraction of sp³-hybridized carbons (Fsp3) is 0.588. The molecule has 0 unspecified atom stereocenters. The topological polar surface area (TPSA) is 39.7 Å². The summed E-state index contributed by atoms with van der Waals surface area (Å²) in [5, 5.41) is 6.55. The second kappa shape index (κ2) is 8.13. The molecular weight excluding hydrogens is 279 g/mol. The molecule has 1 aromatic carbocycles. The lowest BCUT2D eigenvalue weighted by molar-refractivity contribution is 0.241. The van der Waals surface area contributed by atoms with Crippen molar-refractivity contribution in [2.24, 2.45) is 10.4 Å². The summed E-state index contributed by atoms with van der Waals surface area (Å²) in [5.41, 5.74) is 1.70. The van der Waals surface area contributed by atoms with E-state index in [0.29, 0.717) is 12.1 Å². The van der Waals surface area contributed by atoms with Crippen LogP contribution in [-0.4, -0.2) is 45.1 Å². The lowest BCUT2D eigenvalue weighted by Gasteiger charge is -2.29. The van der Waals surface area contributed by atoms with Crippen LogP contribution in [0.2, 0.25) is 0 Å². The quantitative estimate of drug-likeness (QED) is 0.626. The molecule has 0 aliphatic carbocycles. The van der Waals surface area contributed by atoms with Gasteiger partial charge < -0.3 is 15.5 Å². The first-order chi connectivity index (χ1) is 10.2. The minimum atomic E-state index is -0.172. The number of nitrogens with zero attached hydrogens (tertiary/aromatic N) is 2. The molecule has 1 aromatic rings. The van der Waals surface area contributed by atoms with Crippen LogP contribution in [0.1, 0.15) is 25.0 Å². The first kappa shape index (κ1) is 18.4. The predicted octanol–water partition coefficient (Wildman–Crippen LogP) is 2.39.